The molecule has 0 heterocycles. The summed E-state index contributed by atoms with van der Waals surface area (Å²) in [5, 5.41) is 5.15. The predicted octanol–water partition coefficient (Wildman–Crippen LogP) is 0.890. The highest BCUT2D eigenvalue weighted by atomic mass is 32.2. The standard InChI is InChI=1S/C13H20N2O4S/c1-10-6-7-11(12(9-10)20(14,17)18)19-8-4-5-13(16)15(2)3/h6-7,9H,4-5,8H2,1-3H3,(H2,14,17,18). The van der Waals surface area contributed by atoms with E-state index in [-0.39, 0.29) is 23.2 Å². The van der Waals surface area contributed by atoms with Gasteiger partial charge in [-0.15, -0.1) is 0 Å². The summed E-state index contributed by atoms with van der Waals surface area (Å²) in [5.74, 6) is 0.222. The molecule has 2 N–H and O–H groups in total. The topological polar surface area (TPSA) is 89.7 Å². The molecule has 20 heavy (non-hydrogen) atoms. The summed E-state index contributed by atoms with van der Waals surface area (Å²) < 4.78 is 28.4. The lowest BCUT2D eigenvalue weighted by Crippen LogP contribution is -2.22. The molecule has 0 atom stereocenters. The second kappa shape index (κ2) is 6.71. The fourth-order valence-electron chi connectivity index (χ4n) is 1.59. The summed E-state index contributed by atoms with van der Waals surface area (Å²) in [5.41, 5.74) is 0.782. The maximum atomic E-state index is 11.5. The van der Waals surface area contributed by atoms with E-state index in [1.54, 1.807) is 33.2 Å². The molecule has 6 nitrogen and oxygen atoms in total. The van der Waals surface area contributed by atoms with E-state index in [9.17, 15) is 13.2 Å². The predicted molar refractivity (Wildman–Crippen MR) is 76.0 cm³/mol. The highest BCUT2D eigenvalue weighted by Crippen LogP contribution is 2.24. The zero-order chi connectivity index (χ0) is 15.3. The first-order chi connectivity index (χ1) is 9.21. The molecule has 0 spiro atoms. The van der Waals surface area contributed by atoms with Crippen molar-refractivity contribution in [2.24, 2.45) is 5.14 Å². The molecular formula is C13H20N2O4S. The van der Waals surface area contributed by atoms with E-state index in [1.165, 1.54) is 11.0 Å². The number of benzene rings is 1. The summed E-state index contributed by atoms with van der Waals surface area (Å²) in [6.45, 7) is 2.03. The van der Waals surface area contributed by atoms with Crippen molar-refractivity contribution in [1.29, 1.82) is 0 Å². The van der Waals surface area contributed by atoms with Crippen LogP contribution < -0.4 is 9.88 Å². The second-order valence-corrected chi connectivity index (χ2v) is 6.27. The van der Waals surface area contributed by atoms with Crippen LogP contribution in [0.1, 0.15) is 18.4 Å². The molecular weight excluding hydrogens is 280 g/mol. The third kappa shape index (κ3) is 4.82. The van der Waals surface area contributed by atoms with Gasteiger partial charge in [0.05, 0.1) is 6.61 Å². The minimum absolute atomic E-state index is 0.00387. The zero-order valence-corrected chi connectivity index (χ0v) is 12.7. The van der Waals surface area contributed by atoms with Gasteiger partial charge in [0, 0.05) is 20.5 Å². The lowest BCUT2D eigenvalue weighted by atomic mass is 10.2. The first-order valence-corrected chi connectivity index (χ1v) is 7.73. The molecule has 0 saturated carbocycles. The van der Waals surface area contributed by atoms with E-state index in [4.69, 9.17) is 9.88 Å². The number of amides is 1. The number of hydrogen-bond donors (Lipinski definition) is 1. The Bertz CT molecular complexity index is 582. The number of sulfonamides is 1. The molecule has 1 rings (SSSR count). The van der Waals surface area contributed by atoms with E-state index in [0.717, 1.165) is 5.56 Å². The second-order valence-electron chi connectivity index (χ2n) is 4.74. The van der Waals surface area contributed by atoms with Crippen LogP contribution in [0.2, 0.25) is 0 Å². The van der Waals surface area contributed by atoms with Crippen LogP contribution in [0.25, 0.3) is 0 Å². The zero-order valence-electron chi connectivity index (χ0n) is 11.9. The van der Waals surface area contributed by atoms with Crippen molar-refractivity contribution in [3.8, 4) is 5.75 Å². The van der Waals surface area contributed by atoms with Gasteiger partial charge in [0.15, 0.2) is 0 Å². The van der Waals surface area contributed by atoms with Crippen LogP contribution in [0, 0.1) is 6.92 Å². The molecule has 0 aliphatic heterocycles. The molecule has 7 heteroatoms. The van der Waals surface area contributed by atoms with E-state index < -0.39 is 10.0 Å². The van der Waals surface area contributed by atoms with Crippen LogP contribution in [0.5, 0.6) is 5.75 Å². The molecule has 0 bridgehead atoms. The molecule has 1 amide bonds. The van der Waals surface area contributed by atoms with E-state index in [1.807, 2.05) is 0 Å². The molecule has 0 saturated heterocycles. The van der Waals surface area contributed by atoms with Crippen molar-refractivity contribution in [2.45, 2.75) is 24.7 Å². The minimum Gasteiger partial charge on any atom is -0.492 e. The van der Waals surface area contributed by atoms with Crippen molar-refractivity contribution in [3.05, 3.63) is 23.8 Å². The van der Waals surface area contributed by atoms with Gasteiger partial charge >= 0.3 is 0 Å². The Morgan fingerprint density at radius 3 is 2.55 bits per heavy atom. The molecule has 1 aromatic rings. The number of aryl methyl sites for hydroxylation is 1. The number of primary sulfonamides is 1. The fraction of sp³-hybridized carbons (Fsp3) is 0.462. The number of hydrogen-bond acceptors (Lipinski definition) is 4. The largest absolute Gasteiger partial charge is 0.492 e. The van der Waals surface area contributed by atoms with Crippen molar-refractivity contribution < 1.29 is 17.9 Å². The maximum absolute atomic E-state index is 11.5. The van der Waals surface area contributed by atoms with Crippen LogP contribution in [-0.4, -0.2) is 39.9 Å². The summed E-state index contributed by atoms with van der Waals surface area (Å²) in [7, 11) is -0.457. The highest BCUT2D eigenvalue weighted by molar-refractivity contribution is 7.89. The fourth-order valence-corrected chi connectivity index (χ4v) is 2.34. The summed E-state index contributed by atoms with van der Waals surface area (Å²) in [4.78, 5) is 12.9. The summed E-state index contributed by atoms with van der Waals surface area (Å²) >= 11 is 0. The molecule has 0 aliphatic carbocycles. The Kier molecular flexibility index (Phi) is 5.52. The Balaban J connectivity index is 2.67. The monoisotopic (exact) mass is 300 g/mol. The Labute approximate surface area is 119 Å². The number of nitrogens with zero attached hydrogens (tertiary/aromatic N) is 1. The van der Waals surface area contributed by atoms with Gasteiger partial charge in [0.25, 0.3) is 0 Å². The van der Waals surface area contributed by atoms with Gasteiger partial charge in [-0.05, 0) is 31.0 Å². The number of carbonyl (C=O) groups excluding carboxylic acids is 1. The lowest BCUT2D eigenvalue weighted by molar-refractivity contribution is -0.128. The maximum Gasteiger partial charge on any atom is 0.241 e. The number of nitrogens with two attached hydrogens (primary N) is 1. The summed E-state index contributed by atoms with van der Waals surface area (Å²) in [6.07, 6.45) is 0.860. The number of rotatable bonds is 6. The molecule has 1 aromatic carbocycles. The van der Waals surface area contributed by atoms with Crippen LogP contribution in [-0.2, 0) is 14.8 Å². The van der Waals surface area contributed by atoms with E-state index in [0.29, 0.717) is 12.8 Å². The average Bonchev–Trinajstić information content (AvgIpc) is 2.34. The summed E-state index contributed by atoms with van der Waals surface area (Å²) in [6, 6.07) is 4.79. The Morgan fingerprint density at radius 2 is 2.00 bits per heavy atom. The molecule has 0 aliphatic rings. The van der Waals surface area contributed by atoms with Gasteiger partial charge in [-0.2, -0.15) is 0 Å². The van der Waals surface area contributed by atoms with Gasteiger partial charge in [0.1, 0.15) is 10.6 Å². The van der Waals surface area contributed by atoms with Crippen LogP contribution in [0.4, 0.5) is 0 Å². The van der Waals surface area contributed by atoms with Gasteiger partial charge in [-0.1, -0.05) is 6.07 Å². The number of ether oxygens (including phenoxy) is 1. The van der Waals surface area contributed by atoms with Crippen LogP contribution in [0.15, 0.2) is 23.1 Å². The van der Waals surface area contributed by atoms with Gasteiger partial charge in [-0.3, -0.25) is 4.79 Å². The van der Waals surface area contributed by atoms with E-state index in [2.05, 4.69) is 0 Å². The Morgan fingerprint density at radius 1 is 1.35 bits per heavy atom. The average molecular weight is 300 g/mol. The quantitative estimate of drug-likeness (QED) is 0.790. The van der Waals surface area contributed by atoms with Crippen molar-refractivity contribution in [1.82, 2.24) is 4.90 Å². The van der Waals surface area contributed by atoms with Gasteiger partial charge in [-0.25, -0.2) is 13.6 Å². The van der Waals surface area contributed by atoms with Crippen molar-refractivity contribution in [3.63, 3.8) is 0 Å². The van der Waals surface area contributed by atoms with Crippen molar-refractivity contribution in [2.75, 3.05) is 20.7 Å². The SMILES string of the molecule is Cc1ccc(OCCCC(=O)N(C)C)c(S(N)(=O)=O)c1. The first-order valence-electron chi connectivity index (χ1n) is 6.18. The lowest BCUT2D eigenvalue weighted by Gasteiger charge is -2.12. The number of carbonyl (C=O) groups is 1. The highest BCUT2D eigenvalue weighted by Gasteiger charge is 2.15. The first kappa shape index (κ1) is 16.5. The molecule has 112 valence electrons. The molecule has 0 radical (unpaired) electrons. The molecule has 0 unspecified atom stereocenters. The van der Waals surface area contributed by atoms with Gasteiger partial charge in [0.2, 0.25) is 15.9 Å². The molecule has 0 aromatic heterocycles. The van der Waals surface area contributed by atoms with Crippen LogP contribution in [0.3, 0.4) is 0 Å². The van der Waals surface area contributed by atoms with E-state index >= 15 is 0 Å². The third-order valence-electron chi connectivity index (χ3n) is 2.70. The van der Waals surface area contributed by atoms with Crippen molar-refractivity contribution >= 4 is 15.9 Å². The normalized spacial score (nSPS) is 11.2. The molecule has 0 fully saturated rings. The Hall–Kier alpha value is -1.60. The van der Waals surface area contributed by atoms with Crippen LogP contribution >= 0.6 is 0 Å². The smallest absolute Gasteiger partial charge is 0.241 e. The van der Waals surface area contributed by atoms with Gasteiger partial charge < -0.3 is 9.64 Å². The third-order valence-corrected chi connectivity index (χ3v) is 3.63. The minimum atomic E-state index is -3.82.